The Morgan fingerprint density at radius 1 is 0.973 bits per heavy atom. The maximum absolute atomic E-state index is 13.5. The Balaban J connectivity index is 1.34. The monoisotopic (exact) mass is 505 g/mol. The number of ketones is 1. The van der Waals surface area contributed by atoms with Gasteiger partial charge in [0.1, 0.15) is 34.3 Å². The molecule has 0 radical (unpaired) electrons. The molecule has 0 fully saturated rings. The lowest BCUT2D eigenvalue weighted by Gasteiger charge is -2.16. The van der Waals surface area contributed by atoms with Gasteiger partial charge in [-0.15, -0.1) is 0 Å². The second-order valence-corrected chi connectivity index (χ2v) is 8.34. The molecule has 2 heterocycles. The summed E-state index contributed by atoms with van der Waals surface area (Å²) in [4.78, 5) is 38.6. The molecule has 37 heavy (non-hydrogen) atoms. The fourth-order valence-electron chi connectivity index (χ4n) is 4.28. The number of carbonyl (C=O) groups excluding carboxylic acids is 3. The number of hydrogen-bond donors (Lipinski definition) is 0. The van der Waals surface area contributed by atoms with Crippen molar-refractivity contribution in [1.29, 1.82) is 0 Å². The van der Waals surface area contributed by atoms with Gasteiger partial charge in [0.15, 0.2) is 0 Å². The fourth-order valence-corrected chi connectivity index (χ4v) is 4.28. The molecule has 3 aromatic carbocycles. The van der Waals surface area contributed by atoms with Crippen LogP contribution in [0.25, 0.3) is 22.3 Å². The van der Waals surface area contributed by atoms with Crippen LogP contribution in [0.15, 0.2) is 65.1 Å². The smallest absolute Gasteiger partial charge is 0.342 e. The number of fused-ring (bicyclic) bond motifs is 2. The fraction of sp³-hybridized carbons (Fsp3) is 0.179. The molecule has 0 N–H and O–H groups in total. The van der Waals surface area contributed by atoms with Crippen LogP contribution in [-0.2, 0) is 9.53 Å². The zero-order valence-corrected chi connectivity index (χ0v) is 19.8. The highest BCUT2D eigenvalue weighted by Crippen LogP contribution is 2.36. The topological polar surface area (TPSA) is 86.1 Å². The van der Waals surface area contributed by atoms with Gasteiger partial charge < -0.3 is 18.8 Å². The summed E-state index contributed by atoms with van der Waals surface area (Å²) < 4.78 is 43.9. The predicted octanol–water partition coefficient (Wildman–Crippen LogP) is 5.55. The molecule has 1 aromatic heterocycles. The van der Waals surface area contributed by atoms with Gasteiger partial charge in [-0.2, -0.15) is 0 Å². The van der Waals surface area contributed by atoms with Gasteiger partial charge in [-0.1, -0.05) is 0 Å². The van der Waals surface area contributed by atoms with Crippen LogP contribution in [0.5, 0.6) is 5.75 Å². The number of esters is 1. The highest BCUT2D eigenvalue weighted by molar-refractivity contribution is 6.52. The summed E-state index contributed by atoms with van der Waals surface area (Å²) in [5, 5.41) is 0.478. The molecule has 1 aliphatic rings. The molecule has 0 unspecified atom stereocenters. The second kappa shape index (κ2) is 9.85. The minimum Gasteiger partial charge on any atom is -0.494 e. The summed E-state index contributed by atoms with van der Waals surface area (Å²) in [5.41, 5.74) is 1.59. The number of hydrogen-bond acceptors (Lipinski definition) is 6. The third-order valence-corrected chi connectivity index (χ3v) is 5.97. The summed E-state index contributed by atoms with van der Waals surface area (Å²) in [5.74, 6) is -2.29. The Kier molecular flexibility index (Phi) is 6.43. The van der Waals surface area contributed by atoms with Crippen molar-refractivity contribution in [2.24, 2.45) is 0 Å². The molecule has 0 aliphatic carbocycles. The molecule has 0 atom stereocenters. The first-order valence-electron chi connectivity index (χ1n) is 11.7. The lowest BCUT2D eigenvalue weighted by molar-refractivity contribution is -0.114. The van der Waals surface area contributed by atoms with Gasteiger partial charge in [-0.25, -0.2) is 13.6 Å². The number of halogens is 2. The minimum atomic E-state index is -0.732. The number of rotatable bonds is 8. The van der Waals surface area contributed by atoms with Crippen LogP contribution in [-0.4, -0.2) is 37.4 Å². The van der Waals surface area contributed by atoms with Crippen molar-refractivity contribution in [3.8, 4) is 17.1 Å². The van der Waals surface area contributed by atoms with E-state index in [4.69, 9.17) is 13.9 Å². The first-order chi connectivity index (χ1) is 17.9. The van der Waals surface area contributed by atoms with Gasteiger partial charge in [-0.3, -0.25) is 9.59 Å². The van der Waals surface area contributed by atoms with Crippen LogP contribution in [0, 0.1) is 11.6 Å². The van der Waals surface area contributed by atoms with E-state index in [1.807, 2.05) is 0 Å². The maximum Gasteiger partial charge on any atom is 0.342 e. The van der Waals surface area contributed by atoms with Crippen LogP contribution in [0.1, 0.15) is 34.1 Å². The molecule has 0 bridgehead atoms. The number of ether oxygens (including phenoxy) is 2. The van der Waals surface area contributed by atoms with E-state index in [0.29, 0.717) is 34.4 Å². The molecule has 1 aliphatic heterocycles. The zero-order chi connectivity index (χ0) is 26.1. The van der Waals surface area contributed by atoms with Crippen molar-refractivity contribution < 1.29 is 37.1 Å². The molecule has 0 spiro atoms. The van der Waals surface area contributed by atoms with Gasteiger partial charge in [-0.05, 0) is 74.0 Å². The molecule has 7 nitrogen and oxygen atoms in total. The van der Waals surface area contributed by atoms with Crippen LogP contribution in [0.2, 0.25) is 0 Å². The van der Waals surface area contributed by atoms with Gasteiger partial charge in [0, 0.05) is 17.5 Å². The molecule has 1 amide bonds. The van der Waals surface area contributed by atoms with Crippen LogP contribution >= 0.6 is 0 Å². The maximum atomic E-state index is 13.5. The van der Waals surface area contributed by atoms with E-state index >= 15 is 0 Å². The Hall–Kier alpha value is -4.53. The Labute approximate surface area is 210 Å². The number of Topliss-reactive ketones (excluding diaryl/α,β-unsaturated/α-hetero) is 1. The van der Waals surface area contributed by atoms with E-state index < -0.39 is 29.3 Å². The normalized spacial score (nSPS) is 12.8. The molecule has 0 saturated carbocycles. The first kappa shape index (κ1) is 24.2. The number of carbonyl (C=O) groups is 3. The van der Waals surface area contributed by atoms with Crippen LogP contribution in [0.3, 0.4) is 0 Å². The standard InChI is InChI=1S/C28H21F2NO6/c1-2-35-28(34)24-21-15-19(9-11-23(21)37-26(24)16-4-6-17(29)7-5-16)36-13-3-12-31-22-10-8-18(30)14-20(22)25(32)27(31)33/h4-11,14-15H,2-3,12-13H2,1H3. The molecule has 0 saturated heterocycles. The molecule has 9 heteroatoms. The first-order valence-corrected chi connectivity index (χ1v) is 11.7. The lowest BCUT2D eigenvalue weighted by atomic mass is 10.1. The Bertz CT molecular complexity index is 1530. The van der Waals surface area contributed by atoms with Crippen molar-refractivity contribution in [1.82, 2.24) is 0 Å². The van der Waals surface area contributed by atoms with Crippen molar-refractivity contribution in [2.45, 2.75) is 13.3 Å². The second-order valence-electron chi connectivity index (χ2n) is 8.34. The lowest BCUT2D eigenvalue weighted by Crippen LogP contribution is -2.31. The number of amides is 1. The third kappa shape index (κ3) is 4.55. The molecular formula is C28H21F2NO6. The summed E-state index contributed by atoms with van der Waals surface area (Å²) in [6.45, 7) is 2.27. The van der Waals surface area contributed by atoms with E-state index in [2.05, 4.69) is 0 Å². The number of benzene rings is 3. The minimum absolute atomic E-state index is 0.0554. The quantitative estimate of drug-likeness (QED) is 0.177. The van der Waals surface area contributed by atoms with E-state index in [0.717, 1.165) is 6.07 Å². The highest BCUT2D eigenvalue weighted by Gasteiger charge is 2.35. The SMILES string of the molecule is CCOC(=O)c1c(-c2ccc(F)cc2)oc2ccc(OCCCN3C(=O)C(=O)c4cc(F)ccc43)cc12. The van der Waals surface area contributed by atoms with Crippen molar-refractivity contribution in [2.75, 3.05) is 24.7 Å². The number of nitrogens with zero attached hydrogens (tertiary/aromatic N) is 1. The van der Waals surface area contributed by atoms with Gasteiger partial charge in [0.2, 0.25) is 0 Å². The summed E-state index contributed by atoms with van der Waals surface area (Å²) >= 11 is 0. The van der Waals surface area contributed by atoms with Crippen molar-refractivity contribution in [3.63, 3.8) is 0 Å². The largest absolute Gasteiger partial charge is 0.494 e. The van der Waals surface area contributed by atoms with E-state index in [9.17, 15) is 23.2 Å². The molecule has 188 valence electrons. The van der Waals surface area contributed by atoms with Crippen LogP contribution in [0.4, 0.5) is 14.5 Å². The van der Waals surface area contributed by atoms with E-state index in [1.54, 1.807) is 25.1 Å². The third-order valence-electron chi connectivity index (χ3n) is 5.97. The summed E-state index contributed by atoms with van der Waals surface area (Å²) in [7, 11) is 0. The Morgan fingerprint density at radius 2 is 1.73 bits per heavy atom. The molecular weight excluding hydrogens is 484 g/mol. The van der Waals surface area contributed by atoms with Crippen LogP contribution < -0.4 is 9.64 Å². The van der Waals surface area contributed by atoms with Gasteiger partial charge in [0.05, 0.1) is 24.5 Å². The average molecular weight is 505 g/mol. The average Bonchev–Trinajstić information content (AvgIpc) is 3.37. The van der Waals surface area contributed by atoms with Gasteiger partial charge >= 0.3 is 5.97 Å². The summed E-state index contributed by atoms with van der Waals surface area (Å²) in [6.07, 6.45) is 0.394. The molecule has 4 aromatic rings. The highest BCUT2D eigenvalue weighted by atomic mass is 19.1. The Morgan fingerprint density at radius 3 is 2.49 bits per heavy atom. The van der Waals surface area contributed by atoms with E-state index in [-0.39, 0.29) is 36.6 Å². The number of furan rings is 1. The summed E-state index contributed by atoms with van der Waals surface area (Å²) in [6, 6.07) is 14.3. The molecule has 5 rings (SSSR count). The van der Waals surface area contributed by atoms with E-state index in [1.165, 1.54) is 41.3 Å². The van der Waals surface area contributed by atoms with Crippen molar-refractivity contribution in [3.05, 3.63) is 83.4 Å². The predicted molar refractivity (Wildman–Crippen MR) is 131 cm³/mol. The number of anilines is 1. The zero-order valence-electron chi connectivity index (χ0n) is 19.8. The van der Waals surface area contributed by atoms with Gasteiger partial charge in [0.25, 0.3) is 11.7 Å². The van der Waals surface area contributed by atoms with Crippen molar-refractivity contribution >= 4 is 34.3 Å².